The van der Waals surface area contributed by atoms with Crippen LogP contribution in [0.3, 0.4) is 0 Å². The van der Waals surface area contributed by atoms with Gasteiger partial charge in [-0.1, -0.05) is 60.2 Å². The van der Waals surface area contributed by atoms with Crippen molar-refractivity contribution in [1.29, 1.82) is 0 Å². The van der Waals surface area contributed by atoms with E-state index in [0.717, 1.165) is 19.3 Å². The number of nitrogens with two attached hydrogens (primary N) is 1. The van der Waals surface area contributed by atoms with Crippen molar-refractivity contribution in [2.24, 2.45) is 5.73 Å². The molecule has 0 spiro atoms. The fourth-order valence-corrected chi connectivity index (χ4v) is 2.38. The zero-order valence-corrected chi connectivity index (χ0v) is 11.9. The van der Waals surface area contributed by atoms with Crippen LogP contribution in [0.2, 0.25) is 0 Å². The Kier molecular flexibility index (Phi) is 4.39. The Bertz CT molecular complexity index is 497. The van der Waals surface area contributed by atoms with Gasteiger partial charge >= 0.3 is 0 Å². The standard InChI is InChI=1S/C18H23N/c1-15-10-12-17(13-11-15)18(2,19)14-6-9-16-7-4-3-5-8-16/h3-5,7-8,10-13H,6,9,14,19H2,1-2H3. The molecule has 19 heavy (non-hydrogen) atoms. The SMILES string of the molecule is Cc1ccc(C(C)(N)CCCc2ccccc2)cc1. The molecule has 0 aliphatic carbocycles. The second-order valence-electron chi connectivity index (χ2n) is 5.62. The quantitative estimate of drug-likeness (QED) is 0.849. The van der Waals surface area contributed by atoms with E-state index in [1.165, 1.54) is 16.7 Å². The first-order valence-corrected chi connectivity index (χ1v) is 6.98. The Hall–Kier alpha value is -1.60. The van der Waals surface area contributed by atoms with E-state index in [-0.39, 0.29) is 5.54 Å². The summed E-state index contributed by atoms with van der Waals surface area (Å²) in [5.74, 6) is 0. The summed E-state index contributed by atoms with van der Waals surface area (Å²) in [4.78, 5) is 0. The average molecular weight is 253 g/mol. The van der Waals surface area contributed by atoms with Crippen LogP contribution in [0, 0.1) is 6.92 Å². The topological polar surface area (TPSA) is 26.0 Å². The maximum Gasteiger partial charge on any atom is 0.0381 e. The minimum absolute atomic E-state index is 0.234. The molecule has 1 unspecified atom stereocenters. The zero-order valence-electron chi connectivity index (χ0n) is 11.9. The first-order valence-electron chi connectivity index (χ1n) is 6.98. The van der Waals surface area contributed by atoms with E-state index in [1.54, 1.807) is 0 Å². The molecule has 0 bridgehead atoms. The lowest BCUT2D eigenvalue weighted by Crippen LogP contribution is -2.33. The van der Waals surface area contributed by atoms with Crippen LogP contribution in [0.5, 0.6) is 0 Å². The first kappa shape index (κ1) is 13.8. The van der Waals surface area contributed by atoms with Gasteiger partial charge in [-0.3, -0.25) is 0 Å². The van der Waals surface area contributed by atoms with Crippen LogP contribution in [0.15, 0.2) is 54.6 Å². The number of hydrogen-bond acceptors (Lipinski definition) is 1. The number of hydrogen-bond donors (Lipinski definition) is 1. The van der Waals surface area contributed by atoms with Crippen molar-refractivity contribution in [1.82, 2.24) is 0 Å². The van der Waals surface area contributed by atoms with E-state index in [4.69, 9.17) is 5.73 Å². The highest BCUT2D eigenvalue weighted by molar-refractivity contribution is 5.27. The van der Waals surface area contributed by atoms with Gasteiger partial charge in [0.2, 0.25) is 0 Å². The van der Waals surface area contributed by atoms with Gasteiger partial charge in [0.15, 0.2) is 0 Å². The van der Waals surface area contributed by atoms with Crippen molar-refractivity contribution in [2.45, 2.75) is 38.6 Å². The molecule has 1 heteroatoms. The van der Waals surface area contributed by atoms with Gasteiger partial charge in [-0.05, 0) is 44.2 Å². The smallest absolute Gasteiger partial charge is 0.0381 e. The summed E-state index contributed by atoms with van der Waals surface area (Å²) >= 11 is 0. The molecule has 0 radical (unpaired) electrons. The van der Waals surface area contributed by atoms with E-state index < -0.39 is 0 Å². The van der Waals surface area contributed by atoms with Crippen LogP contribution < -0.4 is 5.73 Å². The van der Waals surface area contributed by atoms with Crippen molar-refractivity contribution in [3.05, 3.63) is 71.3 Å². The van der Waals surface area contributed by atoms with Gasteiger partial charge < -0.3 is 5.73 Å². The van der Waals surface area contributed by atoms with Gasteiger partial charge in [-0.25, -0.2) is 0 Å². The zero-order chi connectivity index (χ0) is 13.7. The highest BCUT2D eigenvalue weighted by atomic mass is 14.7. The molecule has 2 aromatic rings. The van der Waals surface area contributed by atoms with E-state index in [9.17, 15) is 0 Å². The van der Waals surface area contributed by atoms with Crippen LogP contribution in [-0.2, 0) is 12.0 Å². The monoisotopic (exact) mass is 253 g/mol. The molecule has 0 heterocycles. The Morgan fingerprint density at radius 2 is 1.58 bits per heavy atom. The van der Waals surface area contributed by atoms with Crippen molar-refractivity contribution < 1.29 is 0 Å². The van der Waals surface area contributed by atoms with E-state index >= 15 is 0 Å². The van der Waals surface area contributed by atoms with Crippen LogP contribution in [0.25, 0.3) is 0 Å². The predicted molar refractivity (Wildman–Crippen MR) is 82.1 cm³/mol. The summed E-state index contributed by atoms with van der Waals surface area (Å²) in [6, 6.07) is 19.2. The summed E-state index contributed by atoms with van der Waals surface area (Å²) < 4.78 is 0. The molecular weight excluding hydrogens is 230 g/mol. The maximum atomic E-state index is 6.45. The van der Waals surface area contributed by atoms with Crippen molar-refractivity contribution in [3.8, 4) is 0 Å². The molecule has 0 aliphatic rings. The van der Waals surface area contributed by atoms with Crippen molar-refractivity contribution >= 4 is 0 Å². The lowest BCUT2D eigenvalue weighted by molar-refractivity contribution is 0.436. The molecule has 0 aliphatic heterocycles. The van der Waals surface area contributed by atoms with Gasteiger partial charge in [-0.15, -0.1) is 0 Å². The second kappa shape index (κ2) is 6.03. The lowest BCUT2D eigenvalue weighted by atomic mass is 9.87. The number of aryl methyl sites for hydroxylation is 2. The van der Waals surface area contributed by atoms with Crippen molar-refractivity contribution in [2.75, 3.05) is 0 Å². The summed E-state index contributed by atoms with van der Waals surface area (Å²) in [6.07, 6.45) is 3.22. The van der Waals surface area contributed by atoms with Gasteiger partial charge in [0.1, 0.15) is 0 Å². The largest absolute Gasteiger partial charge is 0.322 e. The fourth-order valence-electron chi connectivity index (χ4n) is 2.38. The van der Waals surface area contributed by atoms with Crippen molar-refractivity contribution in [3.63, 3.8) is 0 Å². The van der Waals surface area contributed by atoms with E-state index in [2.05, 4.69) is 68.4 Å². The Balaban J connectivity index is 1.92. The molecule has 100 valence electrons. The van der Waals surface area contributed by atoms with Gasteiger partial charge in [0.25, 0.3) is 0 Å². The molecule has 1 nitrogen and oxygen atoms in total. The molecule has 2 aromatic carbocycles. The minimum Gasteiger partial charge on any atom is -0.322 e. The first-order chi connectivity index (χ1) is 9.08. The van der Waals surface area contributed by atoms with Crippen LogP contribution in [-0.4, -0.2) is 0 Å². The average Bonchev–Trinajstić information content (AvgIpc) is 2.40. The Morgan fingerprint density at radius 3 is 2.21 bits per heavy atom. The summed E-state index contributed by atoms with van der Waals surface area (Å²) in [5, 5.41) is 0. The molecule has 0 aromatic heterocycles. The van der Waals surface area contributed by atoms with Crippen LogP contribution in [0.1, 0.15) is 36.5 Å². The molecule has 0 fully saturated rings. The number of benzene rings is 2. The molecular formula is C18H23N. The highest BCUT2D eigenvalue weighted by Gasteiger charge is 2.20. The Morgan fingerprint density at radius 1 is 0.947 bits per heavy atom. The second-order valence-corrected chi connectivity index (χ2v) is 5.62. The third-order valence-electron chi connectivity index (χ3n) is 3.72. The minimum atomic E-state index is -0.234. The summed E-state index contributed by atoms with van der Waals surface area (Å²) in [5.41, 5.74) is 10.1. The van der Waals surface area contributed by atoms with Crippen LogP contribution >= 0.6 is 0 Å². The van der Waals surface area contributed by atoms with Gasteiger partial charge in [0, 0.05) is 5.54 Å². The molecule has 0 amide bonds. The lowest BCUT2D eigenvalue weighted by Gasteiger charge is -2.25. The van der Waals surface area contributed by atoms with Crippen LogP contribution in [0.4, 0.5) is 0 Å². The van der Waals surface area contributed by atoms with E-state index in [0.29, 0.717) is 0 Å². The number of rotatable bonds is 5. The van der Waals surface area contributed by atoms with Gasteiger partial charge in [-0.2, -0.15) is 0 Å². The molecule has 1 atom stereocenters. The van der Waals surface area contributed by atoms with E-state index in [1.807, 2.05) is 0 Å². The summed E-state index contributed by atoms with van der Waals surface area (Å²) in [6.45, 7) is 4.23. The summed E-state index contributed by atoms with van der Waals surface area (Å²) in [7, 11) is 0. The third-order valence-corrected chi connectivity index (χ3v) is 3.72. The molecule has 2 rings (SSSR count). The van der Waals surface area contributed by atoms with Gasteiger partial charge in [0.05, 0.1) is 0 Å². The highest BCUT2D eigenvalue weighted by Crippen LogP contribution is 2.24. The molecule has 0 saturated carbocycles. The Labute approximate surface area is 116 Å². The normalized spacial score (nSPS) is 14.1. The fraction of sp³-hybridized carbons (Fsp3) is 0.333. The molecule has 2 N–H and O–H groups in total. The third kappa shape index (κ3) is 3.93. The molecule has 0 saturated heterocycles. The predicted octanol–water partition coefficient (Wildman–Crippen LogP) is 4.19. The maximum absolute atomic E-state index is 6.45.